The first-order valence-corrected chi connectivity index (χ1v) is 10.2. The van der Waals surface area contributed by atoms with Crippen molar-refractivity contribution in [1.29, 1.82) is 0 Å². The highest BCUT2D eigenvalue weighted by molar-refractivity contribution is 7.98. The van der Waals surface area contributed by atoms with Crippen LogP contribution in [0.2, 0.25) is 0 Å². The molecular weight excluding hydrogens is 329 g/mol. The molecular formula is C16H39BNOS3. The van der Waals surface area contributed by atoms with Gasteiger partial charge in [-0.3, -0.25) is 0 Å². The molecule has 2 nitrogen and oxygen atoms in total. The SMILES string of the molecule is CC.CC(C)(C)S.CSCCC(N)[B]OC(C)(C)C(C)(C)S. The van der Waals surface area contributed by atoms with E-state index in [0.717, 1.165) is 12.2 Å². The molecule has 0 fully saturated rings. The lowest BCUT2D eigenvalue weighted by Crippen LogP contribution is -2.47. The van der Waals surface area contributed by atoms with Crippen molar-refractivity contribution in [3.63, 3.8) is 0 Å². The highest BCUT2D eigenvalue weighted by atomic mass is 32.2. The van der Waals surface area contributed by atoms with Crippen LogP contribution in [-0.2, 0) is 4.65 Å². The van der Waals surface area contributed by atoms with Gasteiger partial charge in [0, 0.05) is 15.4 Å². The van der Waals surface area contributed by atoms with Crippen molar-refractivity contribution in [1.82, 2.24) is 0 Å². The third-order valence-electron chi connectivity index (χ3n) is 2.67. The van der Waals surface area contributed by atoms with Gasteiger partial charge in [-0.2, -0.15) is 37.0 Å². The second kappa shape index (κ2) is 13.3. The highest BCUT2D eigenvalue weighted by Crippen LogP contribution is 2.30. The predicted molar refractivity (Wildman–Crippen MR) is 115 cm³/mol. The fourth-order valence-electron chi connectivity index (χ4n) is 0.724. The van der Waals surface area contributed by atoms with E-state index in [-0.39, 0.29) is 21.0 Å². The van der Waals surface area contributed by atoms with E-state index in [0.29, 0.717) is 0 Å². The second-order valence-electron chi connectivity index (χ2n) is 6.94. The second-order valence-corrected chi connectivity index (χ2v) is 10.4. The fraction of sp³-hybridized carbons (Fsp3) is 1.00. The molecule has 0 aromatic heterocycles. The molecule has 1 unspecified atom stereocenters. The molecule has 0 aromatic carbocycles. The van der Waals surface area contributed by atoms with Crippen molar-refractivity contribution < 1.29 is 4.65 Å². The molecule has 0 aliphatic carbocycles. The Kier molecular flexibility index (Phi) is 16.9. The van der Waals surface area contributed by atoms with Crippen LogP contribution < -0.4 is 5.73 Å². The van der Waals surface area contributed by atoms with E-state index < -0.39 is 0 Å². The lowest BCUT2D eigenvalue weighted by molar-refractivity contribution is 0.0805. The van der Waals surface area contributed by atoms with E-state index in [2.05, 4.69) is 52.3 Å². The third kappa shape index (κ3) is 21.0. The first kappa shape index (κ1) is 27.9. The topological polar surface area (TPSA) is 35.2 Å². The maximum atomic E-state index is 5.89. The van der Waals surface area contributed by atoms with E-state index >= 15 is 0 Å². The Hall–Kier alpha value is 1.03. The zero-order chi connectivity index (χ0) is 18.6. The molecule has 1 radical (unpaired) electrons. The maximum absolute atomic E-state index is 5.89. The Morgan fingerprint density at radius 1 is 1.05 bits per heavy atom. The summed E-state index contributed by atoms with van der Waals surface area (Å²) in [5, 5.41) is 0. The van der Waals surface area contributed by atoms with Gasteiger partial charge in [-0.25, -0.2) is 0 Å². The summed E-state index contributed by atoms with van der Waals surface area (Å²) in [6.07, 6.45) is 3.03. The van der Waals surface area contributed by atoms with Crippen LogP contribution in [0.15, 0.2) is 0 Å². The van der Waals surface area contributed by atoms with Crippen LogP contribution in [0.4, 0.5) is 0 Å². The number of hydrogen-bond donors (Lipinski definition) is 3. The van der Waals surface area contributed by atoms with Gasteiger partial charge in [-0.1, -0.05) is 34.6 Å². The number of rotatable bonds is 7. The van der Waals surface area contributed by atoms with Crippen LogP contribution in [0.3, 0.4) is 0 Å². The van der Waals surface area contributed by atoms with Gasteiger partial charge < -0.3 is 10.4 Å². The summed E-state index contributed by atoms with van der Waals surface area (Å²) in [5.41, 5.74) is 5.58. The van der Waals surface area contributed by atoms with E-state index in [9.17, 15) is 0 Å². The minimum Gasteiger partial charge on any atom is -0.433 e. The average Bonchev–Trinajstić information content (AvgIpc) is 2.33. The van der Waals surface area contributed by atoms with Gasteiger partial charge in [-0.15, -0.1) is 0 Å². The zero-order valence-electron chi connectivity index (χ0n) is 16.4. The van der Waals surface area contributed by atoms with E-state index in [1.165, 1.54) is 0 Å². The number of hydrogen-bond acceptors (Lipinski definition) is 5. The number of thioether (sulfide) groups is 1. The molecule has 0 spiro atoms. The summed E-state index contributed by atoms with van der Waals surface area (Å²) in [6, 6.07) is 0. The molecule has 0 heterocycles. The van der Waals surface area contributed by atoms with Crippen LogP contribution in [0.1, 0.15) is 68.7 Å². The first-order chi connectivity index (χ1) is 9.70. The lowest BCUT2D eigenvalue weighted by Gasteiger charge is -2.38. The molecule has 0 aromatic rings. The van der Waals surface area contributed by atoms with Crippen molar-refractivity contribution in [3.05, 3.63) is 0 Å². The predicted octanol–water partition coefficient (Wildman–Crippen LogP) is 4.89. The monoisotopic (exact) mass is 368 g/mol. The van der Waals surface area contributed by atoms with Gasteiger partial charge in [-0.05, 0) is 46.1 Å². The van der Waals surface area contributed by atoms with Crippen molar-refractivity contribution in [2.45, 2.75) is 89.8 Å². The Morgan fingerprint density at radius 3 is 1.68 bits per heavy atom. The average molecular weight is 369 g/mol. The summed E-state index contributed by atoms with van der Waals surface area (Å²) in [6.45, 7) is 18.3. The van der Waals surface area contributed by atoms with Gasteiger partial charge in [0.15, 0.2) is 0 Å². The molecule has 0 aliphatic rings. The van der Waals surface area contributed by atoms with E-state index in [4.69, 9.17) is 10.4 Å². The molecule has 0 amide bonds. The molecule has 22 heavy (non-hydrogen) atoms. The molecule has 0 bridgehead atoms. The summed E-state index contributed by atoms with van der Waals surface area (Å²) >= 11 is 10.4. The van der Waals surface area contributed by atoms with E-state index in [1.54, 1.807) is 19.2 Å². The summed E-state index contributed by atoms with van der Waals surface area (Å²) in [5.74, 6) is 1.07. The van der Waals surface area contributed by atoms with Gasteiger partial charge in [0.05, 0.1) is 5.60 Å². The molecule has 0 aliphatic heterocycles. The molecule has 0 saturated heterocycles. The molecule has 0 rings (SSSR count). The summed E-state index contributed by atoms with van der Waals surface area (Å²) in [7, 11) is 1.74. The smallest absolute Gasteiger partial charge is 0.311 e. The standard InChI is InChI=1S/C10H23BNOS2.C4H10S.C2H6/c1-9(2,10(3,4)14)13-11-8(12)6-7-15-5;1-4(2,3)5;1-2/h8,14H,6-7,12H2,1-5H3;5H,1-3H3;1-2H3. The normalized spacial score (nSPS) is 13.3. The molecule has 0 saturated carbocycles. The van der Waals surface area contributed by atoms with Crippen molar-refractivity contribution in [2.24, 2.45) is 5.73 Å². The lowest BCUT2D eigenvalue weighted by atomic mass is 9.83. The highest BCUT2D eigenvalue weighted by Gasteiger charge is 2.34. The maximum Gasteiger partial charge on any atom is 0.311 e. The van der Waals surface area contributed by atoms with Gasteiger partial charge in [0.25, 0.3) is 0 Å². The van der Waals surface area contributed by atoms with Gasteiger partial charge in [0.1, 0.15) is 0 Å². The van der Waals surface area contributed by atoms with Crippen LogP contribution in [-0.4, -0.2) is 40.5 Å². The Bertz CT molecular complexity index is 245. The van der Waals surface area contributed by atoms with Crippen LogP contribution in [0, 0.1) is 0 Å². The summed E-state index contributed by atoms with van der Waals surface area (Å²) in [4.78, 5) is 0. The number of thiol groups is 2. The minimum atomic E-state index is -0.312. The molecule has 2 N–H and O–H groups in total. The molecule has 6 heteroatoms. The Morgan fingerprint density at radius 2 is 1.41 bits per heavy atom. The first-order valence-electron chi connectivity index (χ1n) is 7.91. The van der Waals surface area contributed by atoms with Crippen LogP contribution >= 0.6 is 37.0 Å². The van der Waals surface area contributed by atoms with Crippen molar-refractivity contribution in [2.75, 3.05) is 12.0 Å². The minimum absolute atomic E-state index is 0.00686. The zero-order valence-corrected chi connectivity index (χ0v) is 19.0. The Labute approximate surface area is 156 Å². The van der Waals surface area contributed by atoms with Crippen molar-refractivity contribution >= 4 is 44.5 Å². The molecule has 135 valence electrons. The fourth-order valence-corrected chi connectivity index (χ4v) is 1.28. The van der Waals surface area contributed by atoms with Gasteiger partial charge >= 0.3 is 7.48 Å². The Balaban J connectivity index is -0.000000434. The number of nitrogens with two attached hydrogens (primary N) is 1. The van der Waals surface area contributed by atoms with E-state index in [1.807, 2.05) is 41.5 Å². The summed E-state index contributed by atoms with van der Waals surface area (Å²) < 4.78 is 5.72. The largest absolute Gasteiger partial charge is 0.433 e. The van der Waals surface area contributed by atoms with Gasteiger partial charge in [0.2, 0.25) is 0 Å². The quantitative estimate of drug-likeness (QED) is 0.442. The van der Waals surface area contributed by atoms with Crippen LogP contribution in [0.25, 0.3) is 0 Å². The molecule has 1 atom stereocenters. The van der Waals surface area contributed by atoms with Crippen LogP contribution in [0.5, 0.6) is 0 Å². The third-order valence-corrected chi connectivity index (χ3v) is 3.85. The van der Waals surface area contributed by atoms with Crippen molar-refractivity contribution in [3.8, 4) is 0 Å².